The maximum Gasteiger partial charge on any atom is 0.267 e. The lowest BCUT2D eigenvalue weighted by Crippen LogP contribution is -2.23. The zero-order chi connectivity index (χ0) is 16.3. The van der Waals surface area contributed by atoms with Crippen molar-refractivity contribution >= 4 is 45.1 Å². The van der Waals surface area contributed by atoms with Crippen molar-refractivity contribution in [2.75, 3.05) is 11.8 Å². The van der Waals surface area contributed by atoms with Crippen LogP contribution in [0.4, 0.5) is 5.95 Å². The Morgan fingerprint density at radius 3 is 2.55 bits per heavy atom. The van der Waals surface area contributed by atoms with E-state index in [9.17, 15) is 13.2 Å². The van der Waals surface area contributed by atoms with Crippen LogP contribution in [0, 0.1) is 0 Å². The zero-order valence-corrected chi connectivity index (χ0v) is 13.6. The number of hydrogen-bond acceptors (Lipinski definition) is 5. The number of carbonyl (C=O) groups excluding carboxylic acids is 1. The van der Waals surface area contributed by atoms with E-state index in [2.05, 4.69) is 20.1 Å². The first kappa shape index (κ1) is 16.5. The van der Waals surface area contributed by atoms with E-state index in [1.54, 1.807) is 0 Å². The van der Waals surface area contributed by atoms with Crippen molar-refractivity contribution in [3.8, 4) is 0 Å². The summed E-state index contributed by atoms with van der Waals surface area (Å²) in [5.41, 5.74) is 0. The third kappa shape index (κ3) is 3.67. The topological polar surface area (TPSA) is 106 Å². The number of rotatable bonds is 5. The lowest BCUT2D eigenvalue weighted by Gasteiger charge is -2.08. The molecule has 1 heterocycles. The molecule has 0 saturated carbocycles. The molecule has 0 atom stereocenters. The van der Waals surface area contributed by atoms with E-state index in [1.165, 1.54) is 36.3 Å². The fourth-order valence-electron chi connectivity index (χ4n) is 1.55. The van der Waals surface area contributed by atoms with E-state index in [0.29, 0.717) is 0 Å². The molecule has 1 amide bonds. The molecule has 0 bridgehead atoms. The summed E-state index contributed by atoms with van der Waals surface area (Å²) >= 11 is 11.7. The normalized spacial score (nSPS) is 11.2. The Labute approximate surface area is 136 Å². The van der Waals surface area contributed by atoms with Gasteiger partial charge in [0.25, 0.3) is 16.0 Å². The Morgan fingerprint density at radius 1 is 1.32 bits per heavy atom. The van der Waals surface area contributed by atoms with Crippen molar-refractivity contribution in [1.29, 1.82) is 0 Å². The van der Waals surface area contributed by atoms with Gasteiger partial charge in [0.05, 0.1) is 10.0 Å². The number of carbonyl (C=O) groups is 1. The van der Waals surface area contributed by atoms with E-state index in [-0.39, 0.29) is 33.3 Å². The fourth-order valence-corrected chi connectivity index (χ4v) is 3.65. The van der Waals surface area contributed by atoms with Crippen LogP contribution in [0.2, 0.25) is 10.0 Å². The number of sulfonamides is 1. The van der Waals surface area contributed by atoms with Gasteiger partial charge in [0, 0.05) is 7.05 Å². The Hall–Kier alpha value is -1.84. The van der Waals surface area contributed by atoms with Gasteiger partial charge in [-0.1, -0.05) is 29.3 Å². The highest BCUT2D eigenvalue weighted by Gasteiger charge is 2.23. The molecule has 1 aromatic heterocycles. The first-order valence-corrected chi connectivity index (χ1v) is 8.14. The number of amides is 1. The highest BCUT2D eigenvalue weighted by molar-refractivity contribution is 7.93. The molecule has 11 heteroatoms. The van der Waals surface area contributed by atoms with Crippen molar-refractivity contribution in [3.05, 3.63) is 34.6 Å². The van der Waals surface area contributed by atoms with Crippen LogP contribution in [-0.2, 0) is 21.4 Å². The quantitative estimate of drug-likeness (QED) is 0.827. The van der Waals surface area contributed by atoms with Crippen LogP contribution in [0.1, 0.15) is 0 Å². The summed E-state index contributed by atoms with van der Waals surface area (Å²) in [6.07, 6.45) is 1.22. The summed E-state index contributed by atoms with van der Waals surface area (Å²) in [6.45, 7) is -0.0852. The summed E-state index contributed by atoms with van der Waals surface area (Å²) < 4.78 is 27.9. The first-order valence-electron chi connectivity index (χ1n) is 5.90. The third-order valence-corrected chi connectivity index (χ3v) is 4.82. The zero-order valence-electron chi connectivity index (χ0n) is 11.2. The molecule has 22 heavy (non-hydrogen) atoms. The van der Waals surface area contributed by atoms with Gasteiger partial charge in [-0.3, -0.25) is 4.79 Å². The van der Waals surface area contributed by atoms with Crippen LogP contribution in [0.5, 0.6) is 0 Å². The fraction of sp³-hybridized carbons (Fsp3) is 0.182. The average molecular weight is 364 g/mol. The summed E-state index contributed by atoms with van der Waals surface area (Å²) in [7, 11) is -2.57. The third-order valence-electron chi connectivity index (χ3n) is 2.53. The number of benzene rings is 1. The molecule has 8 nitrogen and oxygen atoms in total. The first-order chi connectivity index (χ1) is 10.3. The summed E-state index contributed by atoms with van der Waals surface area (Å²) in [5, 5.41) is 6.20. The van der Waals surface area contributed by atoms with Crippen LogP contribution in [0.15, 0.2) is 29.4 Å². The minimum absolute atomic E-state index is 0.0233. The summed E-state index contributed by atoms with van der Waals surface area (Å²) in [6, 6.07) is 4.33. The molecular formula is C11H11Cl2N5O3S. The highest BCUT2D eigenvalue weighted by atomic mass is 35.5. The van der Waals surface area contributed by atoms with Crippen LogP contribution < -0.4 is 10.0 Å². The minimum Gasteiger partial charge on any atom is -0.358 e. The Balaban J connectivity index is 2.25. The SMILES string of the molecule is CNC(=O)Cn1cnc(NS(=O)(=O)c2c(Cl)cccc2Cl)n1. The van der Waals surface area contributed by atoms with E-state index >= 15 is 0 Å². The second kappa shape index (κ2) is 6.51. The average Bonchev–Trinajstić information content (AvgIpc) is 2.84. The second-order valence-electron chi connectivity index (χ2n) is 4.10. The number of nitrogens with one attached hydrogen (secondary N) is 2. The smallest absolute Gasteiger partial charge is 0.267 e. The summed E-state index contributed by atoms with van der Waals surface area (Å²) in [4.78, 5) is 14.7. The molecule has 0 unspecified atom stereocenters. The van der Waals surface area contributed by atoms with E-state index < -0.39 is 10.0 Å². The van der Waals surface area contributed by atoms with Gasteiger partial charge in [-0.15, -0.1) is 5.10 Å². The van der Waals surface area contributed by atoms with Gasteiger partial charge in [0.15, 0.2) is 0 Å². The maximum atomic E-state index is 12.3. The number of hydrogen-bond donors (Lipinski definition) is 2. The Kier molecular flexibility index (Phi) is 4.89. The molecule has 0 aliphatic heterocycles. The van der Waals surface area contributed by atoms with Crippen LogP contribution >= 0.6 is 23.2 Å². The van der Waals surface area contributed by atoms with E-state index in [0.717, 1.165) is 0 Å². The summed E-state index contributed by atoms with van der Waals surface area (Å²) in [5.74, 6) is -0.492. The number of aromatic nitrogens is 3. The number of nitrogens with zero attached hydrogens (tertiary/aromatic N) is 3. The molecule has 0 aliphatic carbocycles. The molecule has 2 rings (SSSR count). The minimum atomic E-state index is -4.05. The predicted octanol–water partition coefficient (Wildman–Crippen LogP) is 1.13. The predicted molar refractivity (Wildman–Crippen MR) is 81.4 cm³/mol. The van der Waals surface area contributed by atoms with E-state index in [1.807, 2.05) is 0 Å². The molecule has 0 radical (unpaired) electrons. The maximum absolute atomic E-state index is 12.3. The van der Waals surface area contributed by atoms with Crippen molar-refractivity contribution in [1.82, 2.24) is 20.1 Å². The highest BCUT2D eigenvalue weighted by Crippen LogP contribution is 2.29. The standard InChI is InChI=1S/C11H11Cl2N5O3S/c1-14-9(19)5-18-6-15-11(16-18)17-22(20,21)10-7(12)3-2-4-8(10)13/h2-4,6H,5H2,1H3,(H,14,19)(H,16,17). The Morgan fingerprint density at radius 2 is 1.95 bits per heavy atom. The molecule has 2 N–H and O–H groups in total. The molecule has 1 aromatic carbocycles. The molecular weight excluding hydrogens is 353 g/mol. The Bertz CT molecular complexity index is 786. The monoisotopic (exact) mass is 363 g/mol. The molecule has 118 valence electrons. The number of likely N-dealkylation sites (N-methyl/N-ethyl adjacent to an activating group) is 1. The second-order valence-corrected chi connectivity index (χ2v) is 6.53. The molecule has 0 aliphatic rings. The van der Waals surface area contributed by atoms with Gasteiger partial charge >= 0.3 is 0 Å². The van der Waals surface area contributed by atoms with Gasteiger partial charge < -0.3 is 5.32 Å². The van der Waals surface area contributed by atoms with Crippen molar-refractivity contribution in [2.24, 2.45) is 0 Å². The van der Waals surface area contributed by atoms with Crippen LogP contribution in [-0.4, -0.2) is 36.1 Å². The van der Waals surface area contributed by atoms with Gasteiger partial charge in [0.2, 0.25) is 5.91 Å². The molecule has 2 aromatic rings. The van der Waals surface area contributed by atoms with Gasteiger partial charge in [0.1, 0.15) is 17.8 Å². The van der Waals surface area contributed by atoms with Crippen molar-refractivity contribution < 1.29 is 13.2 Å². The van der Waals surface area contributed by atoms with Crippen molar-refractivity contribution in [2.45, 2.75) is 11.4 Å². The largest absolute Gasteiger partial charge is 0.358 e. The lowest BCUT2D eigenvalue weighted by atomic mass is 10.4. The van der Waals surface area contributed by atoms with Gasteiger partial charge in [-0.05, 0) is 12.1 Å². The van der Waals surface area contributed by atoms with Crippen LogP contribution in [0.3, 0.4) is 0 Å². The molecule has 0 fully saturated rings. The number of halogens is 2. The van der Waals surface area contributed by atoms with Gasteiger partial charge in [-0.2, -0.15) is 4.98 Å². The van der Waals surface area contributed by atoms with Crippen molar-refractivity contribution in [3.63, 3.8) is 0 Å². The van der Waals surface area contributed by atoms with Crippen LogP contribution in [0.25, 0.3) is 0 Å². The van der Waals surface area contributed by atoms with E-state index in [4.69, 9.17) is 23.2 Å². The molecule has 0 spiro atoms. The number of anilines is 1. The molecule has 0 saturated heterocycles. The lowest BCUT2D eigenvalue weighted by molar-refractivity contribution is -0.121. The van der Waals surface area contributed by atoms with Gasteiger partial charge in [-0.25, -0.2) is 17.8 Å².